The molecule has 3 rings (SSSR count). The van der Waals surface area contributed by atoms with E-state index in [4.69, 9.17) is 0 Å². The molecule has 7 heteroatoms. The van der Waals surface area contributed by atoms with Crippen LogP contribution in [0.5, 0.6) is 0 Å². The average molecular weight is 373 g/mol. The van der Waals surface area contributed by atoms with E-state index in [0.29, 0.717) is 18.7 Å². The molecule has 1 atom stereocenters. The van der Waals surface area contributed by atoms with E-state index in [0.717, 1.165) is 24.8 Å². The zero-order valence-corrected chi connectivity index (χ0v) is 15.6. The van der Waals surface area contributed by atoms with Crippen LogP contribution in [0.2, 0.25) is 0 Å². The number of piperidine rings is 1. The molecular weight excluding hydrogens is 350 g/mol. The van der Waals surface area contributed by atoms with Gasteiger partial charge in [0.05, 0.1) is 4.90 Å². The maximum Gasteiger partial charge on any atom is 0.251 e. The smallest absolute Gasteiger partial charge is 0.251 e. The van der Waals surface area contributed by atoms with Crippen molar-refractivity contribution in [2.45, 2.75) is 43.7 Å². The molecule has 1 N–H and O–H groups in total. The molecule has 1 aromatic heterocycles. The summed E-state index contributed by atoms with van der Waals surface area (Å²) in [6.45, 7) is 2.80. The van der Waals surface area contributed by atoms with Crippen molar-refractivity contribution < 1.29 is 13.2 Å². The van der Waals surface area contributed by atoms with Gasteiger partial charge in [0, 0.05) is 37.1 Å². The van der Waals surface area contributed by atoms with Crippen molar-refractivity contribution in [3.8, 4) is 0 Å². The number of sulfonamides is 1. The van der Waals surface area contributed by atoms with E-state index in [9.17, 15) is 13.2 Å². The number of aromatic nitrogens is 1. The Bertz CT molecular complexity index is 869. The average Bonchev–Trinajstić information content (AvgIpc) is 2.67. The molecular formula is C19H23N3O3S. The van der Waals surface area contributed by atoms with Crippen LogP contribution in [0.25, 0.3) is 0 Å². The maximum absolute atomic E-state index is 12.9. The van der Waals surface area contributed by atoms with Gasteiger partial charge >= 0.3 is 0 Å². The molecule has 1 aliphatic rings. The Balaban J connectivity index is 1.76. The van der Waals surface area contributed by atoms with Gasteiger partial charge in [-0.1, -0.05) is 18.6 Å². The fraction of sp³-hybridized carbons (Fsp3) is 0.368. The summed E-state index contributed by atoms with van der Waals surface area (Å²) in [7, 11) is -3.59. The first-order valence-corrected chi connectivity index (χ1v) is 10.2. The third kappa shape index (κ3) is 4.11. The number of pyridine rings is 1. The summed E-state index contributed by atoms with van der Waals surface area (Å²) in [5.74, 6) is -0.308. The van der Waals surface area contributed by atoms with Gasteiger partial charge in [-0.05, 0) is 49.6 Å². The first-order chi connectivity index (χ1) is 12.5. The molecule has 0 spiro atoms. The normalized spacial score (nSPS) is 18.4. The largest absolute Gasteiger partial charge is 0.348 e. The summed E-state index contributed by atoms with van der Waals surface area (Å²) in [6.07, 6.45) is 6.13. The van der Waals surface area contributed by atoms with Gasteiger partial charge in [0.1, 0.15) is 0 Å². The van der Waals surface area contributed by atoms with E-state index in [1.807, 2.05) is 13.0 Å². The van der Waals surface area contributed by atoms with Gasteiger partial charge in [-0.15, -0.1) is 0 Å². The number of nitrogens with one attached hydrogen (secondary N) is 1. The lowest BCUT2D eigenvalue weighted by atomic mass is 10.1. The summed E-state index contributed by atoms with van der Waals surface area (Å²) in [6, 6.07) is 9.89. The van der Waals surface area contributed by atoms with Crippen molar-refractivity contribution >= 4 is 15.9 Å². The van der Waals surface area contributed by atoms with Crippen molar-refractivity contribution in [2.75, 3.05) is 6.54 Å². The van der Waals surface area contributed by atoms with E-state index in [2.05, 4.69) is 10.3 Å². The van der Waals surface area contributed by atoms with Gasteiger partial charge in [-0.2, -0.15) is 4.31 Å². The molecule has 0 bridgehead atoms. The van der Waals surface area contributed by atoms with Gasteiger partial charge < -0.3 is 5.32 Å². The SMILES string of the molecule is CC1CCCCN1S(=O)(=O)c1cccc(C(=O)NCc2cccnc2)c1. The lowest BCUT2D eigenvalue weighted by molar-refractivity contribution is 0.0950. The molecule has 1 aromatic carbocycles. The molecule has 2 aromatic rings. The van der Waals surface area contributed by atoms with Crippen LogP contribution in [0.15, 0.2) is 53.7 Å². The lowest BCUT2D eigenvalue weighted by Crippen LogP contribution is -2.42. The zero-order chi connectivity index (χ0) is 18.6. The fourth-order valence-corrected chi connectivity index (χ4v) is 4.90. The van der Waals surface area contributed by atoms with Crippen molar-refractivity contribution in [3.63, 3.8) is 0 Å². The van der Waals surface area contributed by atoms with Crippen LogP contribution < -0.4 is 5.32 Å². The highest BCUT2D eigenvalue weighted by Crippen LogP contribution is 2.25. The number of nitrogens with zero attached hydrogens (tertiary/aromatic N) is 2. The number of benzene rings is 1. The highest BCUT2D eigenvalue weighted by atomic mass is 32.2. The Morgan fingerprint density at radius 2 is 2.12 bits per heavy atom. The molecule has 0 saturated carbocycles. The summed E-state index contributed by atoms with van der Waals surface area (Å²) in [5, 5.41) is 2.79. The standard InChI is InChI=1S/C19H23N3O3S/c1-15-6-2-3-11-22(15)26(24,25)18-9-4-8-17(12-18)19(23)21-14-16-7-5-10-20-13-16/h4-5,7-10,12-13,15H,2-3,6,11,14H2,1H3,(H,21,23). The molecule has 2 heterocycles. The predicted octanol–water partition coefficient (Wildman–Crippen LogP) is 2.57. The molecule has 1 unspecified atom stereocenters. The number of carbonyl (C=O) groups excluding carboxylic acids is 1. The first kappa shape index (κ1) is 18.5. The molecule has 0 radical (unpaired) electrons. The van der Waals surface area contributed by atoms with Crippen molar-refractivity contribution in [3.05, 3.63) is 59.9 Å². The Kier molecular flexibility index (Phi) is 5.68. The Labute approximate surface area is 154 Å². The Morgan fingerprint density at radius 1 is 1.27 bits per heavy atom. The molecule has 1 saturated heterocycles. The quantitative estimate of drug-likeness (QED) is 0.874. The van der Waals surface area contributed by atoms with Gasteiger partial charge in [0.15, 0.2) is 0 Å². The summed E-state index contributed by atoms with van der Waals surface area (Å²) in [5.41, 5.74) is 1.21. The number of hydrogen-bond donors (Lipinski definition) is 1. The number of carbonyl (C=O) groups is 1. The van der Waals surface area contributed by atoms with Crippen LogP contribution in [0.4, 0.5) is 0 Å². The Hall–Kier alpha value is -2.25. The van der Waals surface area contributed by atoms with Crippen LogP contribution in [-0.2, 0) is 16.6 Å². The van der Waals surface area contributed by atoms with E-state index in [-0.39, 0.29) is 16.8 Å². The summed E-state index contributed by atoms with van der Waals surface area (Å²) >= 11 is 0. The van der Waals surface area contributed by atoms with Crippen LogP contribution in [0, 0.1) is 0 Å². The molecule has 1 fully saturated rings. The second-order valence-electron chi connectivity index (χ2n) is 6.53. The second-order valence-corrected chi connectivity index (χ2v) is 8.42. The Morgan fingerprint density at radius 3 is 2.85 bits per heavy atom. The number of amides is 1. The minimum absolute atomic E-state index is 0.0168. The van der Waals surface area contributed by atoms with Gasteiger partial charge in [-0.3, -0.25) is 9.78 Å². The molecule has 1 amide bonds. The zero-order valence-electron chi connectivity index (χ0n) is 14.8. The molecule has 1 aliphatic heterocycles. The van der Waals surface area contributed by atoms with Crippen molar-refractivity contribution in [1.82, 2.24) is 14.6 Å². The third-order valence-electron chi connectivity index (χ3n) is 4.62. The molecule has 6 nitrogen and oxygen atoms in total. The first-order valence-electron chi connectivity index (χ1n) is 8.77. The lowest BCUT2D eigenvalue weighted by Gasteiger charge is -2.32. The summed E-state index contributed by atoms with van der Waals surface area (Å²) < 4.78 is 27.4. The highest BCUT2D eigenvalue weighted by molar-refractivity contribution is 7.89. The van der Waals surface area contributed by atoms with Crippen LogP contribution in [0.3, 0.4) is 0 Å². The monoisotopic (exact) mass is 373 g/mol. The minimum Gasteiger partial charge on any atom is -0.348 e. The summed E-state index contributed by atoms with van der Waals surface area (Å²) in [4.78, 5) is 16.6. The van der Waals surface area contributed by atoms with E-state index in [1.165, 1.54) is 6.07 Å². The van der Waals surface area contributed by atoms with Crippen LogP contribution >= 0.6 is 0 Å². The third-order valence-corrected chi connectivity index (χ3v) is 6.63. The molecule has 26 heavy (non-hydrogen) atoms. The highest BCUT2D eigenvalue weighted by Gasteiger charge is 2.31. The molecule has 138 valence electrons. The van der Waals surface area contributed by atoms with Gasteiger partial charge in [0.25, 0.3) is 5.91 Å². The van der Waals surface area contributed by atoms with Crippen molar-refractivity contribution in [2.24, 2.45) is 0 Å². The molecule has 0 aliphatic carbocycles. The van der Waals surface area contributed by atoms with Gasteiger partial charge in [-0.25, -0.2) is 8.42 Å². The fourth-order valence-electron chi connectivity index (χ4n) is 3.15. The topological polar surface area (TPSA) is 79.4 Å². The second kappa shape index (κ2) is 7.97. The van der Waals surface area contributed by atoms with E-state index in [1.54, 1.807) is 41.0 Å². The van der Waals surface area contributed by atoms with E-state index >= 15 is 0 Å². The predicted molar refractivity (Wildman–Crippen MR) is 99.1 cm³/mol. The van der Waals surface area contributed by atoms with Crippen molar-refractivity contribution in [1.29, 1.82) is 0 Å². The maximum atomic E-state index is 12.9. The van der Waals surface area contributed by atoms with Crippen LogP contribution in [-0.4, -0.2) is 36.2 Å². The minimum atomic E-state index is -3.59. The van der Waals surface area contributed by atoms with E-state index < -0.39 is 10.0 Å². The van der Waals surface area contributed by atoms with Crippen LogP contribution in [0.1, 0.15) is 42.1 Å². The number of rotatable bonds is 5. The number of hydrogen-bond acceptors (Lipinski definition) is 4. The van der Waals surface area contributed by atoms with Gasteiger partial charge in [0.2, 0.25) is 10.0 Å².